The Kier molecular flexibility index (Phi) is 5.81. The number of aromatic carboxylic acids is 1. The average Bonchev–Trinajstić information content (AvgIpc) is 2.69. The molecule has 1 heterocycles. The number of nitrogens with zero attached hydrogens (tertiary/aromatic N) is 2. The first-order valence-electron chi connectivity index (χ1n) is 8.52. The van der Waals surface area contributed by atoms with Gasteiger partial charge < -0.3 is 20.5 Å². The fourth-order valence-electron chi connectivity index (χ4n) is 2.42. The summed E-state index contributed by atoms with van der Waals surface area (Å²) in [5, 5.41) is 15.2. The molecule has 0 unspecified atom stereocenters. The quantitative estimate of drug-likeness (QED) is 0.532. The number of carbonyl (C=O) groups excluding carboxylic acids is 1. The summed E-state index contributed by atoms with van der Waals surface area (Å²) >= 11 is 0. The molecule has 0 radical (unpaired) electrons. The van der Waals surface area contributed by atoms with Crippen LogP contribution in [0.2, 0.25) is 0 Å². The number of rotatable bonds is 7. The number of anilines is 4. The summed E-state index contributed by atoms with van der Waals surface area (Å²) in [6, 6.07) is 14.9. The van der Waals surface area contributed by atoms with Gasteiger partial charge in [0.1, 0.15) is 18.0 Å². The molecule has 1 aromatic heterocycles. The zero-order valence-electron chi connectivity index (χ0n) is 15.0. The zero-order chi connectivity index (χ0) is 19.9. The average molecular weight is 378 g/mol. The minimum Gasteiger partial charge on any atom is -0.478 e. The fraction of sp³-hybridized carbons (Fsp3) is 0.100. The van der Waals surface area contributed by atoms with Gasteiger partial charge in [0.05, 0.1) is 17.7 Å². The van der Waals surface area contributed by atoms with Gasteiger partial charge in [0.2, 0.25) is 0 Å². The predicted molar refractivity (Wildman–Crippen MR) is 104 cm³/mol. The lowest BCUT2D eigenvalue weighted by Gasteiger charge is -2.09. The Morgan fingerprint density at radius 3 is 2.25 bits per heavy atom. The molecule has 0 amide bonds. The Balaban J connectivity index is 1.70. The molecule has 0 fully saturated rings. The number of ether oxygens (including phenoxy) is 1. The monoisotopic (exact) mass is 378 g/mol. The maximum atomic E-state index is 11.7. The first kappa shape index (κ1) is 18.8. The smallest absolute Gasteiger partial charge is 0.338 e. The molecule has 0 aliphatic heterocycles. The molecule has 0 bridgehead atoms. The first-order chi connectivity index (χ1) is 13.5. The Morgan fingerprint density at radius 2 is 1.61 bits per heavy atom. The molecule has 8 heteroatoms. The Labute approximate surface area is 161 Å². The standard InChI is InChI=1S/C20H18N4O4/c1-2-28-20(27)13-6-8-15(9-7-13)23-17-11-18(22-12-21-17)24-16-5-3-4-14(10-16)19(25)26/h3-12H,2H2,1H3,(H,25,26)(H2,21,22,23,24). The number of carboxylic acid groups (broad SMARTS) is 1. The largest absolute Gasteiger partial charge is 0.478 e. The second kappa shape index (κ2) is 8.63. The van der Waals surface area contributed by atoms with Crippen molar-refractivity contribution in [2.75, 3.05) is 17.2 Å². The molecule has 0 aliphatic carbocycles. The van der Waals surface area contributed by atoms with E-state index >= 15 is 0 Å². The maximum Gasteiger partial charge on any atom is 0.338 e. The van der Waals surface area contributed by atoms with E-state index < -0.39 is 5.97 Å². The number of hydrogen-bond donors (Lipinski definition) is 3. The SMILES string of the molecule is CCOC(=O)c1ccc(Nc2cc(Nc3cccc(C(=O)O)c3)ncn2)cc1. The number of nitrogens with one attached hydrogen (secondary N) is 2. The Morgan fingerprint density at radius 1 is 0.929 bits per heavy atom. The third-order valence-electron chi connectivity index (χ3n) is 3.72. The van der Waals surface area contributed by atoms with Crippen LogP contribution in [-0.4, -0.2) is 33.6 Å². The van der Waals surface area contributed by atoms with Gasteiger partial charge in [0.15, 0.2) is 0 Å². The van der Waals surface area contributed by atoms with Crippen molar-refractivity contribution in [2.24, 2.45) is 0 Å². The van der Waals surface area contributed by atoms with Crippen LogP contribution in [-0.2, 0) is 4.74 Å². The molecule has 0 saturated carbocycles. The highest BCUT2D eigenvalue weighted by Gasteiger charge is 2.07. The van der Waals surface area contributed by atoms with E-state index in [9.17, 15) is 9.59 Å². The highest BCUT2D eigenvalue weighted by atomic mass is 16.5. The van der Waals surface area contributed by atoms with Crippen LogP contribution in [0.1, 0.15) is 27.6 Å². The summed E-state index contributed by atoms with van der Waals surface area (Å²) in [4.78, 5) is 31.1. The number of carboxylic acids is 1. The number of carbonyl (C=O) groups is 2. The highest BCUT2D eigenvalue weighted by Crippen LogP contribution is 2.20. The van der Waals surface area contributed by atoms with Gasteiger partial charge in [0, 0.05) is 17.4 Å². The van der Waals surface area contributed by atoms with Crippen molar-refractivity contribution in [1.29, 1.82) is 0 Å². The fourth-order valence-corrected chi connectivity index (χ4v) is 2.42. The number of benzene rings is 2. The van der Waals surface area contributed by atoms with Crippen molar-refractivity contribution in [3.05, 3.63) is 72.1 Å². The van der Waals surface area contributed by atoms with Gasteiger partial charge in [-0.2, -0.15) is 0 Å². The molecular weight excluding hydrogens is 360 g/mol. The third-order valence-corrected chi connectivity index (χ3v) is 3.72. The summed E-state index contributed by atoms with van der Waals surface area (Å²) in [5.41, 5.74) is 1.99. The lowest BCUT2D eigenvalue weighted by molar-refractivity contribution is 0.0526. The van der Waals surface area contributed by atoms with Gasteiger partial charge in [-0.3, -0.25) is 0 Å². The van der Waals surface area contributed by atoms with Crippen LogP contribution in [0.15, 0.2) is 60.9 Å². The van der Waals surface area contributed by atoms with E-state index in [1.54, 1.807) is 49.4 Å². The van der Waals surface area contributed by atoms with E-state index in [2.05, 4.69) is 20.6 Å². The van der Waals surface area contributed by atoms with Crippen molar-refractivity contribution in [3.8, 4) is 0 Å². The molecule has 142 valence electrons. The van der Waals surface area contributed by atoms with Crippen molar-refractivity contribution in [2.45, 2.75) is 6.92 Å². The molecule has 0 saturated heterocycles. The van der Waals surface area contributed by atoms with Crippen LogP contribution in [0, 0.1) is 0 Å². The molecule has 3 rings (SSSR count). The predicted octanol–water partition coefficient (Wildman–Crippen LogP) is 3.84. The number of esters is 1. The van der Waals surface area contributed by atoms with Crippen molar-refractivity contribution >= 4 is 34.9 Å². The molecule has 2 aromatic carbocycles. The topological polar surface area (TPSA) is 113 Å². The second-order valence-corrected chi connectivity index (χ2v) is 5.72. The summed E-state index contributed by atoms with van der Waals surface area (Å²) in [6.45, 7) is 2.08. The summed E-state index contributed by atoms with van der Waals surface area (Å²) in [6.07, 6.45) is 1.39. The second-order valence-electron chi connectivity index (χ2n) is 5.72. The van der Waals surface area contributed by atoms with E-state index in [1.165, 1.54) is 18.5 Å². The van der Waals surface area contributed by atoms with Crippen molar-refractivity contribution in [3.63, 3.8) is 0 Å². The maximum absolute atomic E-state index is 11.7. The minimum atomic E-state index is -1.00. The van der Waals surface area contributed by atoms with Gasteiger partial charge in [-0.1, -0.05) is 6.07 Å². The molecule has 0 spiro atoms. The van der Waals surface area contributed by atoms with Gasteiger partial charge in [0.25, 0.3) is 0 Å². The normalized spacial score (nSPS) is 10.2. The summed E-state index contributed by atoms with van der Waals surface area (Å²) in [5.74, 6) is -0.329. The number of hydrogen-bond acceptors (Lipinski definition) is 7. The van der Waals surface area contributed by atoms with Crippen molar-refractivity contribution < 1.29 is 19.4 Å². The highest BCUT2D eigenvalue weighted by molar-refractivity contribution is 5.90. The van der Waals surface area contributed by atoms with Gasteiger partial charge in [-0.05, 0) is 49.4 Å². The minimum absolute atomic E-state index is 0.180. The van der Waals surface area contributed by atoms with E-state index in [0.29, 0.717) is 29.5 Å². The molecule has 3 aromatic rings. The molecule has 28 heavy (non-hydrogen) atoms. The Bertz CT molecular complexity index is 990. The van der Waals surface area contributed by atoms with Gasteiger partial charge >= 0.3 is 11.9 Å². The summed E-state index contributed by atoms with van der Waals surface area (Å²) in [7, 11) is 0. The van der Waals surface area contributed by atoms with Crippen LogP contribution >= 0.6 is 0 Å². The Hall–Kier alpha value is -3.94. The lowest BCUT2D eigenvalue weighted by Crippen LogP contribution is -2.04. The van der Waals surface area contributed by atoms with E-state index in [0.717, 1.165) is 5.69 Å². The summed E-state index contributed by atoms with van der Waals surface area (Å²) < 4.78 is 4.96. The van der Waals surface area contributed by atoms with Crippen LogP contribution < -0.4 is 10.6 Å². The lowest BCUT2D eigenvalue weighted by atomic mass is 10.2. The molecular formula is C20H18N4O4. The van der Waals surface area contributed by atoms with Crippen LogP contribution in [0.5, 0.6) is 0 Å². The van der Waals surface area contributed by atoms with Crippen LogP contribution in [0.3, 0.4) is 0 Å². The van der Waals surface area contributed by atoms with Gasteiger partial charge in [-0.25, -0.2) is 19.6 Å². The van der Waals surface area contributed by atoms with E-state index in [1.807, 2.05) is 0 Å². The number of aromatic nitrogens is 2. The zero-order valence-corrected chi connectivity index (χ0v) is 15.0. The first-order valence-corrected chi connectivity index (χ1v) is 8.52. The van der Waals surface area contributed by atoms with E-state index in [4.69, 9.17) is 9.84 Å². The van der Waals surface area contributed by atoms with E-state index in [-0.39, 0.29) is 11.5 Å². The molecule has 0 aliphatic rings. The van der Waals surface area contributed by atoms with Crippen LogP contribution in [0.25, 0.3) is 0 Å². The van der Waals surface area contributed by atoms with Gasteiger partial charge in [-0.15, -0.1) is 0 Å². The molecule has 8 nitrogen and oxygen atoms in total. The van der Waals surface area contributed by atoms with Crippen molar-refractivity contribution in [1.82, 2.24) is 9.97 Å². The van der Waals surface area contributed by atoms with Crippen LogP contribution in [0.4, 0.5) is 23.0 Å². The molecule has 0 atom stereocenters. The third kappa shape index (κ3) is 4.82. The molecule has 3 N–H and O–H groups in total.